The fourth-order valence-corrected chi connectivity index (χ4v) is 4.43. The molecule has 0 N–H and O–H groups in total. The van der Waals surface area contributed by atoms with E-state index >= 15 is 0 Å². The Labute approximate surface area is 180 Å². The van der Waals surface area contributed by atoms with Gasteiger partial charge in [0.2, 0.25) is 0 Å². The number of thioether (sulfide) groups is 1. The van der Waals surface area contributed by atoms with Gasteiger partial charge in [-0.1, -0.05) is 72.0 Å². The number of aryl methyl sites for hydroxylation is 1. The fourth-order valence-electron chi connectivity index (χ4n) is 3.13. The molecule has 3 aromatic rings. The van der Waals surface area contributed by atoms with Crippen LogP contribution in [-0.2, 0) is 4.79 Å². The van der Waals surface area contributed by atoms with Crippen molar-refractivity contribution in [1.29, 1.82) is 0 Å². The third-order valence-corrected chi connectivity index (χ3v) is 6.11. The lowest BCUT2D eigenvalue weighted by atomic mass is 10.1. The molecule has 4 rings (SSSR count). The SMILES string of the molecule is Cc1ccc(N2C(=O)/C(=C\c3ccc(N(C)c4ccccc4)cc3)SC2=S)cc1. The molecular formula is C24H20N2OS2. The number of para-hydroxylation sites is 1. The van der Waals surface area contributed by atoms with Gasteiger partial charge in [-0.3, -0.25) is 9.69 Å². The number of thiocarbonyl (C=S) groups is 1. The quantitative estimate of drug-likeness (QED) is 0.375. The van der Waals surface area contributed by atoms with E-state index in [0.717, 1.165) is 28.2 Å². The lowest BCUT2D eigenvalue weighted by Crippen LogP contribution is -2.27. The smallest absolute Gasteiger partial charge is 0.270 e. The van der Waals surface area contributed by atoms with Gasteiger partial charge in [0.1, 0.15) is 0 Å². The highest BCUT2D eigenvalue weighted by Gasteiger charge is 2.33. The minimum absolute atomic E-state index is 0.0747. The number of anilines is 3. The van der Waals surface area contributed by atoms with Crippen LogP contribution in [0, 0.1) is 6.92 Å². The van der Waals surface area contributed by atoms with Crippen LogP contribution in [0.3, 0.4) is 0 Å². The van der Waals surface area contributed by atoms with E-state index in [1.165, 1.54) is 11.8 Å². The van der Waals surface area contributed by atoms with Crippen LogP contribution in [0.4, 0.5) is 17.1 Å². The lowest BCUT2D eigenvalue weighted by Gasteiger charge is -2.19. The molecule has 1 aliphatic heterocycles. The number of benzene rings is 3. The molecule has 0 aliphatic carbocycles. The maximum atomic E-state index is 12.9. The first-order chi connectivity index (χ1) is 14.0. The molecule has 144 valence electrons. The molecule has 1 saturated heterocycles. The van der Waals surface area contributed by atoms with Crippen molar-refractivity contribution >= 4 is 57.3 Å². The van der Waals surface area contributed by atoms with Crippen LogP contribution in [0.1, 0.15) is 11.1 Å². The number of rotatable bonds is 4. The third-order valence-electron chi connectivity index (χ3n) is 4.81. The topological polar surface area (TPSA) is 23.6 Å². The monoisotopic (exact) mass is 416 g/mol. The van der Waals surface area contributed by atoms with Crippen molar-refractivity contribution in [1.82, 2.24) is 0 Å². The summed E-state index contributed by atoms with van der Waals surface area (Å²) in [5, 5.41) is 0. The standard InChI is InChI=1S/C24H20N2OS2/c1-17-8-12-21(13-9-17)26-23(27)22(29-24(26)28)16-18-10-14-20(15-11-18)25(2)19-6-4-3-5-7-19/h3-16H,1-2H3/b22-16+. The highest BCUT2D eigenvalue weighted by Crippen LogP contribution is 2.36. The molecule has 1 fully saturated rings. The molecule has 0 saturated carbocycles. The van der Waals surface area contributed by atoms with Crippen molar-refractivity contribution in [2.75, 3.05) is 16.8 Å². The van der Waals surface area contributed by atoms with Crippen LogP contribution in [0.2, 0.25) is 0 Å². The average molecular weight is 417 g/mol. The first kappa shape index (κ1) is 19.4. The third kappa shape index (κ3) is 4.11. The number of hydrogen-bond acceptors (Lipinski definition) is 4. The van der Waals surface area contributed by atoms with Crippen molar-refractivity contribution in [3.63, 3.8) is 0 Å². The first-order valence-corrected chi connectivity index (χ1v) is 10.5. The van der Waals surface area contributed by atoms with Crippen molar-refractivity contribution in [3.05, 3.63) is 94.9 Å². The molecule has 1 heterocycles. The molecule has 0 atom stereocenters. The Kier molecular flexibility index (Phi) is 5.51. The van der Waals surface area contributed by atoms with E-state index in [-0.39, 0.29) is 5.91 Å². The van der Waals surface area contributed by atoms with E-state index in [1.807, 2.05) is 74.6 Å². The van der Waals surface area contributed by atoms with Gasteiger partial charge in [0.25, 0.3) is 5.91 Å². The Morgan fingerprint density at radius 2 is 1.52 bits per heavy atom. The zero-order valence-corrected chi connectivity index (χ0v) is 17.8. The van der Waals surface area contributed by atoms with Crippen LogP contribution in [0.15, 0.2) is 83.8 Å². The van der Waals surface area contributed by atoms with Gasteiger partial charge in [0.15, 0.2) is 4.32 Å². The number of carbonyl (C=O) groups excluding carboxylic acids is 1. The van der Waals surface area contributed by atoms with Gasteiger partial charge in [0.05, 0.1) is 10.6 Å². The zero-order chi connectivity index (χ0) is 20.4. The summed E-state index contributed by atoms with van der Waals surface area (Å²) in [6.07, 6.45) is 1.90. The van der Waals surface area contributed by atoms with E-state index in [9.17, 15) is 4.79 Å². The number of carbonyl (C=O) groups is 1. The molecule has 3 aromatic carbocycles. The van der Waals surface area contributed by atoms with Gasteiger partial charge in [-0.15, -0.1) is 0 Å². The summed E-state index contributed by atoms with van der Waals surface area (Å²) in [4.78, 5) is 17.3. The minimum Gasteiger partial charge on any atom is -0.345 e. The van der Waals surface area contributed by atoms with Crippen molar-refractivity contribution in [3.8, 4) is 0 Å². The Morgan fingerprint density at radius 1 is 0.897 bits per heavy atom. The van der Waals surface area contributed by atoms with Gasteiger partial charge >= 0.3 is 0 Å². The Hall–Kier alpha value is -2.89. The van der Waals surface area contributed by atoms with Gasteiger partial charge in [-0.25, -0.2) is 0 Å². The van der Waals surface area contributed by atoms with Crippen LogP contribution in [0.25, 0.3) is 6.08 Å². The van der Waals surface area contributed by atoms with Gasteiger partial charge < -0.3 is 4.90 Å². The summed E-state index contributed by atoms with van der Waals surface area (Å²) in [7, 11) is 2.04. The second-order valence-corrected chi connectivity index (χ2v) is 8.51. The van der Waals surface area contributed by atoms with Crippen molar-refractivity contribution < 1.29 is 4.79 Å². The van der Waals surface area contributed by atoms with E-state index in [2.05, 4.69) is 29.2 Å². The van der Waals surface area contributed by atoms with Crippen molar-refractivity contribution in [2.45, 2.75) is 6.92 Å². The largest absolute Gasteiger partial charge is 0.345 e. The summed E-state index contributed by atoms with van der Waals surface area (Å²) in [6.45, 7) is 2.02. The summed E-state index contributed by atoms with van der Waals surface area (Å²) >= 11 is 6.80. The van der Waals surface area contributed by atoms with E-state index in [1.54, 1.807) is 4.90 Å². The summed E-state index contributed by atoms with van der Waals surface area (Å²) < 4.78 is 0.561. The van der Waals surface area contributed by atoms with Gasteiger partial charge in [-0.2, -0.15) is 0 Å². The van der Waals surface area contributed by atoms with Crippen molar-refractivity contribution in [2.24, 2.45) is 0 Å². The summed E-state index contributed by atoms with van der Waals surface area (Å²) in [5.74, 6) is -0.0747. The second kappa shape index (κ2) is 8.23. The maximum absolute atomic E-state index is 12.9. The molecular weight excluding hydrogens is 396 g/mol. The molecule has 0 unspecified atom stereocenters. The molecule has 1 amide bonds. The van der Waals surface area contributed by atoms with E-state index in [0.29, 0.717) is 9.23 Å². The zero-order valence-electron chi connectivity index (χ0n) is 16.2. The van der Waals surface area contributed by atoms with Crippen LogP contribution in [0.5, 0.6) is 0 Å². The van der Waals surface area contributed by atoms with E-state index < -0.39 is 0 Å². The molecule has 29 heavy (non-hydrogen) atoms. The molecule has 0 radical (unpaired) electrons. The Balaban J connectivity index is 1.54. The number of amides is 1. The highest BCUT2D eigenvalue weighted by molar-refractivity contribution is 8.27. The fraction of sp³-hybridized carbons (Fsp3) is 0.0833. The Morgan fingerprint density at radius 3 is 2.17 bits per heavy atom. The number of nitrogens with zero attached hydrogens (tertiary/aromatic N) is 2. The number of hydrogen-bond donors (Lipinski definition) is 0. The molecule has 0 spiro atoms. The van der Waals surface area contributed by atoms with Gasteiger partial charge in [-0.05, 0) is 55.0 Å². The lowest BCUT2D eigenvalue weighted by molar-refractivity contribution is -0.113. The summed E-state index contributed by atoms with van der Waals surface area (Å²) in [5.41, 5.74) is 5.14. The van der Waals surface area contributed by atoms with Crippen LogP contribution in [-0.4, -0.2) is 17.3 Å². The van der Waals surface area contributed by atoms with Gasteiger partial charge in [0, 0.05) is 18.4 Å². The Bertz CT molecular complexity index is 1070. The molecule has 0 aromatic heterocycles. The molecule has 0 bridgehead atoms. The highest BCUT2D eigenvalue weighted by atomic mass is 32.2. The van der Waals surface area contributed by atoms with E-state index in [4.69, 9.17) is 12.2 Å². The molecule has 1 aliphatic rings. The predicted molar refractivity (Wildman–Crippen MR) is 128 cm³/mol. The summed E-state index contributed by atoms with van der Waals surface area (Å²) in [6, 6.07) is 26.2. The second-order valence-electron chi connectivity index (χ2n) is 6.84. The predicted octanol–water partition coefficient (Wildman–Crippen LogP) is 6.17. The molecule has 3 nitrogen and oxygen atoms in total. The maximum Gasteiger partial charge on any atom is 0.270 e. The normalized spacial score (nSPS) is 15.2. The molecule has 5 heteroatoms. The van der Waals surface area contributed by atoms with Crippen LogP contribution >= 0.6 is 24.0 Å². The average Bonchev–Trinajstić information content (AvgIpc) is 3.02. The first-order valence-electron chi connectivity index (χ1n) is 9.26. The van der Waals surface area contributed by atoms with Crippen LogP contribution < -0.4 is 9.80 Å². The minimum atomic E-state index is -0.0747.